The Morgan fingerprint density at radius 2 is 2.05 bits per heavy atom. The molecule has 0 amide bonds. The Morgan fingerprint density at radius 3 is 2.75 bits per heavy atom. The van der Waals surface area contributed by atoms with Crippen molar-refractivity contribution in [2.75, 3.05) is 17.2 Å². The summed E-state index contributed by atoms with van der Waals surface area (Å²) in [6, 6.07) is 3.22. The fourth-order valence-electron chi connectivity index (χ4n) is 1.46. The third kappa shape index (κ3) is 3.84. The Labute approximate surface area is 115 Å². The molecule has 0 aliphatic carbocycles. The van der Waals surface area contributed by atoms with Gasteiger partial charge in [-0.05, 0) is 18.1 Å². The van der Waals surface area contributed by atoms with Crippen LogP contribution in [0.3, 0.4) is 0 Å². The van der Waals surface area contributed by atoms with Crippen LogP contribution in [-0.4, -0.2) is 21.7 Å². The van der Waals surface area contributed by atoms with E-state index in [1.807, 2.05) is 0 Å². The molecule has 7 heteroatoms. The van der Waals surface area contributed by atoms with E-state index in [4.69, 9.17) is 0 Å². The van der Waals surface area contributed by atoms with Gasteiger partial charge in [0.25, 0.3) is 0 Å². The van der Waals surface area contributed by atoms with Gasteiger partial charge in [-0.3, -0.25) is 0 Å². The zero-order chi connectivity index (χ0) is 14.5. The molecule has 0 saturated heterocycles. The van der Waals surface area contributed by atoms with E-state index in [1.54, 1.807) is 0 Å². The summed E-state index contributed by atoms with van der Waals surface area (Å²) in [5.41, 5.74) is 0.0919. The third-order valence-corrected chi connectivity index (χ3v) is 2.43. The zero-order valence-corrected chi connectivity index (χ0v) is 11.2. The van der Waals surface area contributed by atoms with E-state index in [-0.39, 0.29) is 11.6 Å². The molecule has 0 atom stereocenters. The molecule has 5 nitrogen and oxygen atoms in total. The molecule has 0 unspecified atom stereocenters. The Balaban J connectivity index is 2.11. The first-order valence-electron chi connectivity index (χ1n) is 6.20. The second-order valence-corrected chi connectivity index (χ2v) is 4.69. The maximum atomic E-state index is 13.5. The average Bonchev–Trinajstić information content (AvgIpc) is 2.40. The second kappa shape index (κ2) is 6.23. The fourth-order valence-corrected chi connectivity index (χ4v) is 1.46. The molecule has 106 valence electrons. The molecule has 0 saturated carbocycles. The van der Waals surface area contributed by atoms with Crippen molar-refractivity contribution in [2.45, 2.75) is 13.8 Å². The molecule has 0 aliphatic heterocycles. The van der Waals surface area contributed by atoms with Crippen molar-refractivity contribution in [2.24, 2.45) is 5.92 Å². The summed E-state index contributed by atoms with van der Waals surface area (Å²) in [5.74, 6) is -0.215. The number of aromatic nitrogens is 3. The molecule has 2 aromatic rings. The van der Waals surface area contributed by atoms with Crippen molar-refractivity contribution in [1.82, 2.24) is 15.2 Å². The van der Waals surface area contributed by atoms with Crippen LogP contribution in [-0.2, 0) is 0 Å². The Kier molecular flexibility index (Phi) is 4.39. The summed E-state index contributed by atoms with van der Waals surface area (Å²) in [6.45, 7) is 4.87. The lowest BCUT2D eigenvalue weighted by Gasteiger charge is -2.09. The number of halogens is 2. The first-order chi connectivity index (χ1) is 9.54. The Hall–Kier alpha value is -2.31. The van der Waals surface area contributed by atoms with Crippen LogP contribution >= 0.6 is 0 Å². The predicted octanol–water partition coefficient (Wildman–Crippen LogP) is 2.96. The largest absolute Gasteiger partial charge is 0.368 e. The van der Waals surface area contributed by atoms with Crippen molar-refractivity contribution in [3.63, 3.8) is 0 Å². The summed E-state index contributed by atoms with van der Waals surface area (Å²) in [7, 11) is 0. The molecule has 0 radical (unpaired) electrons. The van der Waals surface area contributed by atoms with Gasteiger partial charge in [0.2, 0.25) is 5.95 Å². The number of nitrogens with one attached hydrogen (secondary N) is 2. The lowest BCUT2D eigenvalue weighted by atomic mass is 10.2. The molecular weight excluding hydrogens is 264 g/mol. The monoisotopic (exact) mass is 279 g/mol. The quantitative estimate of drug-likeness (QED) is 0.881. The highest BCUT2D eigenvalue weighted by Gasteiger charge is 2.07. The smallest absolute Gasteiger partial charge is 0.249 e. The summed E-state index contributed by atoms with van der Waals surface area (Å²) in [5, 5.41) is 13.3. The molecule has 2 rings (SSSR count). The number of rotatable bonds is 5. The van der Waals surface area contributed by atoms with Crippen molar-refractivity contribution < 1.29 is 8.78 Å². The molecule has 2 N–H and O–H groups in total. The van der Waals surface area contributed by atoms with E-state index in [1.165, 1.54) is 12.3 Å². The van der Waals surface area contributed by atoms with E-state index in [9.17, 15) is 8.78 Å². The van der Waals surface area contributed by atoms with Crippen LogP contribution in [0.4, 0.5) is 26.2 Å². The second-order valence-electron chi connectivity index (χ2n) is 4.69. The van der Waals surface area contributed by atoms with E-state index in [2.05, 4.69) is 39.7 Å². The molecule has 0 bridgehead atoms. The van der Waals surface area contributed by atoms with Gasteiger partial charge in [-0.1, -0.05) is 13.8 Å². The zero-order valence-electron chi connectivity index (χ0n) is 11.2. The first kappa shape index (κ1) is 14.1. The van der Waals surface area contributed by atoms with Crippen LogP contribution in [0.15, 0.2) is 24.4 Å². The summed E-state index contributed by atoms with van der Waals surface area (Å²) < 4.78 is 26.3. The van der Waals surface area contributed by atoms with Crippen LogP contribution in [0, 0.1) is 17.6 Å². The molecule has 20 heavy (non-hydrogen) atoms. The molecule has 0 spiro atoms. The van der Waals surface area contributed by atoms with Gasteiger partial charge in [0, 0.05) is 12.6 Å². The highest BCUT2D eigenvalue weighted by atomic mass is 19.1. The Morgan fingerprint density at radius 1 is 1.25 bits per heavy atom. The van der Waals surface area contributed by atoms with Gasteiger partial charge in [0.1, 0.15) is 11.6 Å². The minimum absolute atomic E-state index is 0.0919. The third-order valence-electron chi connectivity index (χ3n) is 2.43. The van der Waals surface area contributed by atoms with E-state index in [0.717, 1.165) is 18.7 Å². The van der Waals surface area contributed by atoms with Gasteiger partial charge < -0.3 is 10.6 Å². The number of nitrogens with zero attached hydrogens (tertiary/aromatic N) is 3. The van der Waals surface area contributed by atoms with Gasteiger partial charge in [-0.25, -0.2) is 8.78 Å². The van der Waals surface area contributed by atoms with Gasteiger partial charge in [-0.2, -0.15) is 10.1 Å². The molecule has 0 aliphatic rings. The van der Waals surface area contributed by atoms with Crippen LogP contribution in [0.1, 0.15) is 13.8 Å². The standard InChI is InChI=1S/C13H15F2N5/c1-8(2)6-16-12-7-17-20-13(19-12)18-11-4-3-9(14)5-10(11)15/h3-5,7-8H,6H2,1-2H3,(H2,16,18,19,20). The predicted molar refractivity (Wildman–Crippen MR) is 72.8 cm³/mol. The maximum absolute atomic E-state index is 13.5. The number of benzene rings is 1. The minimum atomic E-state index is -0.714. The number of hydrogen-bond acceptors (Lipinski definition) is 5. The number of anilines is 3. The van der Waals surface area contributed by atoms with Crippen LogP contribution in [0.5, 0.6) is 0 Å². The summed E-state index contributed by atoms with van der Waals surface area (Å²) in [6.07, 6.45) is 1.48. The molecule has 0 fully saturated rings. The molecule has 1 heterocycles. The van der Waals surface area contributed by atoms with Crippen molar-refractivity contribution in [1.29, 1.82) is 0 Å². The van der Waals surface area contributed by atoms with Crippen molar-refractivity contribution in [3.8, 4) is 0 Å². The van der Waals surface area contributed by atoms with Crippen LogP contribution in [0.2, 0.25) is 0 Å². The van der Waals surface area contributed by atoms with E-state index >= 15 is 0 Å². The van der Waals surface area contributed by atoms with E-state index < -0.39 is 11.6 Å². The maximum Gasteiger partial charge on any atom is 0.249 e. The average molecular weight is 279 g/mol. The summed E-state index contributed by atoms with van der Waals surface area (Å²) >= 11 is 0. The van der Waals surface area contributed by atoms with E-state index in [0.29, 0.717) is 11.7 Å². The first-order valence-corrected chi connectivity index (χ1v) is 6.20. The lowest BCUT2D eigenvalue weighted by molar-refractivity contribution is 0.586. The fraction of sp³-hybridized carbons (Fsp3) is 0.308. The Bertz CT molecular complexity index is 589. The molecule has 1 aromatic carbocycles. The highest BCUT2D eigenvalue weighted by molar-refractivity contribution is 5.54. The van der Waals surface area contributed by atoms with Gasteiger partial charge >= 0.3 is 0 Å². The van der Waals surface area contributed by atoms with Crippen molar-refractivity contribution >= 4 is 17.5 Å². The minimum Gasteiger partial charge on any atom is -0.368 e. The molecular formula is C13H15F2N5. The van der Waals surface area contributed by atoms with Gasteiger partial charge in [0.05, 0.1) is 11.9 Å². The summed E-state index contributed by atoms with van der Waals surface area (Å²) in [4.78, 5) is 4.15. The number of hydrogen-bond donors (Lipinski definition) is 2. The van der Waals surface area contributed by atoms with Crippen LogP contribution in [0.25, 0.3) is 0 Å². The topological polar surface area (TPSA) is 62.7 Å². The van der Waals surface area contributed by atoms with Crippen LogP contribution < -0.4 is 10.6 Å². The highest BCUT2D eigenvalue weighted by Crippen LogP contribution is 2.18. The lowest BCUT2D eigenvalue weighted by Crippen LogP contribution is -2.11. The SMILES string of the molecule is CC(C)CNc1cnnc(Nc2ccc(F)cc2F)n1. The normalized spacial score (nSPS) is 10.7. The van der Waals surface area contributed by atoms with Crippen molar-refractivity contribution in [3.05, 3.63) is 36.0 Å². The molecule has 1 aromatic heterocycles. The van der Waals surface area contributed by atoms with Gasteiger partial charge in [-0.15, -0.1) is 5.10 Å². The van der Waals surface area contributed by atoms with Gasteiger partial charge in [0.15, 0.2) is 5.82 Å².